The summed E-state index contributed by atoms with van der Waals surface area (Å²) in [5.41, 5.74) is 1.10. The van der Waals surface area contributed by atoms with E-state index >= 15 is 0 Å². The predicted molar refractivity (Wildman–Crippen MR) is 116 cm³/mol. The van der Waals surface area contributed by atoms with Gasteiger partial charge in [0.15, 0.2) is 5.11 Å². The van der Waals surface area contributed by atoms with E-state index in [2.05, 4.69) is 33.1 Å². The van der Waals surface area contributed by atoms with Gasteiger partial charge in [0.25, 0.3) is 5.91 Å². The lowest BCUT2D eigenvalue weighted by atomic mass is 10.2. The molecule has 142 valence electrons. The summed E-state index contributed by atoms with van der Waals surface area (Å²) < 4.78 is 12.0. The minimum atomic E-state index is -0.358. The van der Waals surface area contributed by atoms with Crippen molar-refractivity contribution in [2.24, 2.45) is 0 Å². The van der Waals surface area contributed by atoms with Gasteiger partial charge in [-0.3, -0.25) is 10.1 Å². The maximum absolute atomic E-state index is 12.6. The molecule has 0 heterocycles. The number of carbonyl (C=O) groups excluding carboxylic acids is 1. The average Bonchev–Trinajstić information content (AvgIpc) is 2.61. The summed E-state index contributed by atoms with van der Waals surface area (Å²) in [5, 5.41) is 5.82. The van der Waals surface area contributed by atoms with E-state index in [4.69, 9.17) is 21.7 Å². The van der Waals surface area contributed by atoms with E-state index in [1.54, 1.807) is 24.3 Å². The highest BCUT2D eigenvalue weighted by Crippen LogP contribution is 2.24. The molecular formula is C20H21BrN2O3S. The van der Waals surface area contributed by atoms with Gasteiger partial charge in [0.2, 0.25) is 0 Å². The molecule has 0 aliphatic carbocycles. The summed E-state index contributed by atoms with van der Waals surface area (Å²) >= 11 is 8.63. The van der Waals surface area contributed by atoms with Gasteiger partial charge in [0.1, 0.15) is 18.1 Å². The molecule has 0 aliphatic heterocycles. The standard InChI is InChI=1S/C20H21BrN2O3S/c1-4-10-25-16-7-5-6-15(12-16)22-20(27)23-19(24)17-11-14(21)8-9-18(17)26-13(2)3/h4-9,11-13H,1,10H2,2-3H3,(H2,22,23,24,27). The number of amides is 1. The van der Waals surface area contributed by atoms with Crippen LogP contribution in [-0.2, 0) is 0 Å². The van der Waals surface area contributed by atoms with Crippen molar-refractivity contribution < 1.29 is 14.3 Å². The predicted octanol–water partition coefficient (Wildman–Crippen LogP) is 4.93. The van der Waals surface area contributed by atoms with Gasteiger partial charge in [-0.2, -0.15) is 0 Å². The van der Waals surface area contributed by atoms with Gasteiger partial charge in [-0.15, -0.1) is 0 Å². The zero-order valence-corrected chi connectivity index (χ0v) is 17.5. The number of hydrogen-bond donors (Lipinski definition) is 2. The fourth-order valence-corrected chi connectivity index (χ4v) is 2.76. The van der Waals surface area contributed by atoms with Crippen LogP contribution >= 0.6 is 28.1 Å². The highest BCUT2D eigenvalue weighted by Gasteiger charge is 2.16. The molecule has 0 saturated heterocycles. The number of hydrogen-bond acceptors (Lipinski definition) is 4. The van der Waals surface area contributed by atoms with Crippen molar-refractivity contribution in [2.75, 3.05) is 11.9 Å². The molecule has 1 amide bonds. The first kappa shape index (κ1) is 20.9. The number of benzene rings is 2. The molecule has 2 aromatic carbocycles. The first-order chi connectivity index (χ1) is 12.9. The molecule has 0 unspecified atom stereocenters. The third-order valence-electron chi connectivity index (χ3n) is 3.24. The number of thiocarbonyl (C=S) groups is 1. The van der Waals surface area contributed by atoms with Crippen molar-refractivity contribution in [3.8, 4) is 11.5 Å². The van der Waals surface area contributed by atoms with Gasteiger partial charge in [0, 0.05) is 16.2 Å². The third kappa shape index (κ3) is 6.69. The van der Waals surface area contributed by atoms with Crippen molar-refractivity contribution >= 4 is 44.9 Å². The molecule has 0 bridgehead atoms. The quantitative estimate of drug-likeness (QED) is 0.464. The Balaban J connectivity index is 2.07. The van der Waals surface area contributed by atoms with Gasteiger partial charge in [-0.1, -0.05) is 34.7 Å². The van der Waals surface area contributed by atoms with Gasteiger partial charge in [-0.05, 0) is 56.4 Å². The molecular weight excluding hydrogens is 428 g/mol. The minimum absolute atomic E-state index is 0.0545. The van der Waals surface area contributed by atoms with E-state index in [9.17, 15) is 4.79 Å². The van der Waals surface area contributed by atoms with Crippen LogP contribution in [0.3, 0.4) is 0 Å². The van der Waals surface area contributed by atoms with Crippen LogP contribution < -0.4 is 20.1 Å². The molecule has 5 nitrogen and oxygen atoms in total. The SMILES string of the molecule is C=CCOc1cccc(NC(=S)NC(=O)c2cc(Br)ccc2OC(C)C)c1. The van der Waals surface area contributed by atoms with Gasteiger partial charge >= 0.3 is 0 Å². The van der Waals surface area contributed by atoms with Crippen LogP contribution in [0.2, 0.25) is 0 Å². The van der Waals surface area contributed by atoms with Crippen LogP contribution in [0.15, 0.2) is 59.6 Å². The summed E-state index contributed by atoms with van der Waals surface area (Å²) in [6.07, 6.45) is 1.61. The topological polar surface area (TPSA) is 59.6 Å². The summed E-state index contributed by atoms with van der Waals surface area (Å²) in [6, 6.07) is 12.5. The van der Waals surface area contributed by atoms with Crippen molar-refractivity contribution in [3.05, 3.63) is 65.2 Å². The Bertz CT molecular complexity index is 840. The third-order valence-corrected chi connectivity index (χ3v) is 3.93. The van der Waals surface area contributed by atoms with Crippen molar-refractivity contribution in [3.63, 3.8) is 0 Å². The first-order valence-electron chi connectivity index (χ1n) is 8.31. The Morgan fingerprint density at radius 3 is 2.78 bits per heavy atom. The van der Waals surface area contributed by atoms with E-state index in [0.717, 1.165) is 4.47 Å². The van der Waals surface area contributed by atoms with Crippen LogP contribution in [-0.4, -0.2) is 23.7 Å². The second-order valence-corrected chi connectivity index (χ2v) is 7.17. The van der Waals surface area contributed by atoms with E-state index in [1.165, 1.54) is 0 Å². The van der Waals surface area contributed by atoms with E-state index in [-0.39, 0.29) is 17.1 Å². The van der Waals surface area contributed by atoms with Gasteiger partial charge < -0.3 is 14.8 Å². The Hall–Kier alpha value is -2.38. The van der Waals surface area contributed by atoms with E-state index < -0.39 is 0 Å². The number of nitrogens with one attached hydrogen (secondary N) is 2. The Kier molecular flexibility index (Phi) is 7.82. The highest BCUT2D eigenvalue weighted by atomic mass is 79.9. The number of carbonyl (C=O) groups is 1. The largest absolute Gasteiger partial charge is 0.490 e. The van der Waals surface area contributed by atoms with Crippen LogP contribution in [0, 0.1) is 0 Å². The van der Waals surface area contributed by atoms with Gasteiger partial charge in [-0.25, -0.2) is 0 Å². The summed E-state index contributed by atoms with van der Waals surface area (Å²) in [5.74, 6) is 0.811. The number of rotatable bonds is 7. The molecule has 0 atom stereocenters. The second kappa shape index (κ2) is 10.1. The lowest BCUT2D eigenvalue weighted by molar-refractivity contribution is 0.0972. The molecule has 2 N–H and O–H groups in total. The number of halogens is 1. The Morgan fingerprint density at radius 1 is 1.30 bits per heavy atom. The molecule has 0 aliphatic rings. The number of anilines is 1. The van der Waals surface area contributed by atoms with Crippen molar-refractivity contribution in [1.82, 2.24) is 5.32 Å². The lowest BCUT2D eigenvalue weighted by Gasteiger charge is -2.15. The normalized spacial score (nSPS) is 10.2. The highest BCUT2D eigenvalue weighted by molar-refractivity contribution is 9.10. The van der Waals surface area contributed by atoms with Crippen LogP contribution in [0.5, 0.6) is 11.5 Å². The summed E-state index contributed by atoms with van der Waals surface area (Å²) in [7, 11) is 0. The average molecular weight is 449 g/mol. The Labute approximate surface area is 172 Å². The lowest BCUT2D eigenvalue weighted by Crippen LogP contribution is -2.34. The summed E-state index contributed by atoms with van der Waals surface area (Å²) in [4.78, 5) is 12.6. The minimum Gasteiger partial charge on any atom is -0.490 e. The zero-order chi connectivity index (χ0) is 19.8. The monoisotopic (exact) mass is 448 g/mol. The molecule has 7 heteroatoms. The molecule has 2 aromatic rings. The van der Waals surface area contributed by atoms with Crippen LogP contribution in [0.1, 0.15) is 24.2 Å². The van der Waals surface area contributed by atoms with E-state index in [0.29, 0.717) is 29.4 Å². The fourth-order valence-electron chi connectivity index (χ4n) is 2.19. The fraction of sp³-hybridized carbons (Fsp3) is 0.200. The number of ether oxygens (including phenoxy) is 2. The maximum Gasteiger partial charge on any atom is 0.261 e. The maximum atomic E-state index is 12.6. The molecule has 0 radical (unpaired) electrons. The molecule has 0 saturated carbocycles. The van der Waals surface area contributed by atoms with Crippen LogP contribution in [0.25, 0.3) is 0 Å². The first-order valence-corrected chi connectivity index (χ1v) is 9.51. The molecule has 27 heavy (non-hydrogen) atoms. The summed E-state index contributed by atoms with van der Waals surface area (Å²) in [6.45, 7) is 7.83. The molecule has 0 fully saturated rings. The smallest absolute Gasteiger partial charge is 0.261 e. The Morgan fingerprint density at radius 2 is 2.07 bits per heavy atom. The molecule has 0 aromatic heterocycles. The van der Waals surface area contributed by atoms with Crippen molar-refractivity contribution in [2.45, 2.75) is 20.0 Å². The second-order valence-electron chi connectivity index (χ2n) is 5.84. The van der Waals surface area contributed by atoms with E-state index in [1.807, 2.05) is 38.1 Å². The van der Waals surface area contributed by atoms with Crippen molar-refractivity contribution in [1.29, 1.82) is 0 Å². The molecule has 2 rings (SSSR count). The van der Waals surface area contributed by atoms with Gasteiger partial charge in [0.05, 0.1) is 11.7 Å². The van der Waals surface area contributed by atoms with Crippen LogP contribution in [0.4, 0.5) is 5.69 Å². The molecule has 0 spiro atoms. The zero-order valence-electron chi connectivity index (χ0n) is 15.1.